The van der Waals surface area contributed by atoms with Gasteiger partial charge in [-0.1, -0.05) is 37.6 Å². The lowest BCUT2D eigenvalue weighted by molar-refractivity contribution is 0.0759. The molecule has 0 radical (unpaired) electrons. The van der Waals surface area contributed by atoms with E-state index >= 15 is 0 Å². The molecule has 0 saturated heterocycles. The Kier molecular flexibility index (Phi) is 5.64. The molecule has 0 bridgehead atoms. The molecule has 1 unspecified atom stereocenters. The fourth-order valence-corrected chi connectivity index (χ4v) is 2.68. The molecule has 18 heavy (non-hydrogen) atoms. The maximum Gasteiger partial charge on any atom is 0.0406 e. The van der Waals surface area contributed by atoms with Gasteiger partial charge in [0.05, 0.1) is 0 Å². The summed E-state index contributed by atoms with van der Waals surface area (Å²) in [5.74, 6) is 0. The second-order valence-corrected chi connectivity index (χ2v) is 5.41. The fourth-order valence-electron chi connectivity index (χ4n) is 2.56. The predicted molar refractivity (Wildman–Crippen MR) is 80.0 cm³/mol. The van der Waals surface area contributed by atoms with Crippen molar-refractivity contribution in [3.05, 3.63) is 34.9 Å². The summed E-state index contributed by atoms with van der Waals surface area (Å²) in [6.07, 6.45) is 2.13. The van der Waals surface area contributed by atoms with Crippen molar-refractivity contribution in [3.8, 4) is 0 Å². The molecule has 1 atom stereocenters. The second kappa shape index (κ2) is 6.55. The number of halogens is 1. The summed E-state index contributed by atoms with van der Waals surface area (Å²) in [4.78, 5) is 2.40. The number of benzene rings is 1. The topological polar surface area (TPSA) is 29.3 Å². The van der Waals surface area contributed by atoms with E-state index < -0.39 is 0 Å². The minimum Gasteiger partial charge on any atom is -0.329 e. The minimum atomic E-state index is 0.0824. The van der Waals surface area contributed by atoms with Crippen LogP contribution in [0.1, 0.15) is 45.2 Å². The number of hydrogen-bond acceptors (Lipinski definition) is 2. The molecule has 2 nitrogen and oxygen atoms in total. The van der Waals surface area contributed by atoms with E-state index in [0.717, 1.165) is 17.9 Å². The van der Waals surface area contributed by atoms with E-state index in [9.17, 15) is 0 Å². The summed E-state index contributed by atoms with van der Waals surface area (Å²) in [5, 5.41) is 0.782. The van der Waals surface area contributed by atoms with Gasteiger partial charge in [-0.15, -0.1) is 0 Å². The highest BCUT2D eigenvalue weighted by molar-refractivity contribution is 6.30. The molecule has 0 aliphatic carbocycles. The maximum atomic E-state index is 6.01. The van der Waals surface area contributed by atoms with Crippen molar-refractivity contribution >= 4 is 11.6 Å². The van der Waals surface area contributed by atoms with E-state index in [1.165, 1.54) is 5.56 Å². The van der Waals surface area contributed by atoms with E-state index in [4.69, 9.17) is 17.3 Å². The van der Waals surface area contributed by atoms with Gasteiger partial charge in [0.1, 0.15) is 0 Å². The second-order valence-electron chi connectivity index (χ2n) is 4.97. The van der Waals surface area contributed by atoms with Gasteiger partial charge in [0, 0.05) is 23.1 Å². The molecule has 0 spiro atoms. The highest BCUT2D eigenvalue weighted by Gasteiger charge is 2.32. The molecule has 0 saturated carbocycles. The summed E-state index contributed by atoms with van der Waals surface area (Å²) >= 11 is 5.93. The lowest BCUT2D eigenvalue weighted by Gasteiger charge is -2.43. The molecule has 0 heterocycles. The number of rotatable bonds is 6. The SMILES string of the molecule is CCC(CC)(CN)N(C)C(C)c1ccc(Cl)cc1. The van der Waals surface area contributed by atoms with Crippen LogP contribution >= 0.6 is 11.6 Å². The monoisotopic (exact) mass is 268 g/mol. The smallest absolute Gasteiger partial charge is 0.0406 e. The first-order chi connectivity index (χ1) is 8.50. The van der Waals surface area contributed by atoms with Crippen LogP contribution < -0.4 is 5.73 Å². The summed E-state index contributed by atoms with van der Waals surface area (Å²) < 4.78 is 0. The first-order valence-corrected chi connectivity index (χ1v) is 7.07. The Bertz CT molecular complexity index is 349. The van der Waals surface area contributed by atoms with Crippen LogP contribution in [-0.2, 0) is 0 Å². The van der Waals surface area contributed by atoms with Crippen molar-refractivity contribution in [1.29, 1.82) is 0 Å². The van der Waals surface area contributed by atoms with E-state index in [0.29, 0.717) is 12.6 Å². The molecule has 0 aromatic heterocycles. The molecular weight excluding hydrogens is 244 g/mol. The number of hydrogen-bond donors (Lipinski definition) is 1. The van der Waals surface area contributed by atoms with Crippen molar-refractivity contribution in [2.75, 3.05) is 13.6 Å². The minimum absolute atomic E-state index is 0.0824. The number of likely N-dealkylation sites (N-methyl/N-ethyl adjacent to an activating group) is 1. The van der Waals surface area contributed by atoms with Gasteiger partial charge in [0.15, 0.2) is 0 Å². The van der Waals surface area contributed by atoms with Gasteiger partial charge < -0.3 is 5.73 Å². The largest absolute Gasteiger partial charge is 0.329 e. The van der Waals surface area contributed by atoms with Crippen LogP contribution in [0.25, 0.3) is 0 Å². The van der Waals surface area contributed by atoms with E-state index in [2.05, 4.69) is 44.9 Å². The summed E-state index contributed by atoms with van der Waals surface area (Å²) in [7, 11) is 2.17. The van der Waals surface area contributed by atoms with Gasteiger partial charge >= 0.3 is 0 Å². The Labute approximate surface area is 116 Å². The summed E-state index contributed by atoms with van der Waals surface area (Å²) in [5.41, 5.74) is 7.37. The van der Waals surface area contributed by atoms with Crippen molar-refractivity contribution in [2.24, 2.45) is 5.73 Å². The average molecular weight is 269 g/mol. The standard InChI is InChI=1S/C15H25ClN2/c1-5-15(6-2,11-17)18(4)12(3)13-7-9-14(16)10-8-13/h7-10,12H,5-6,11,17H2,1-4H3. The zero-order valence-corrected chi connectivity index (χ0v) is 12.7. The van der Waals surface area contributed by atoms with Gasteiger partial charge in [-0.3, -0.25) is 4.90 Å². The van der Waals surface area contributed by atoms with Crippen LogP contribution in [0.5, 0.6) is 0 Å². The van der Waals surface area contributed by atoms with Crippen molar-refractivity contribution in [1.82, 2.24) is 4.90 Å². The Morgan fingerprint density at radius 1 is 1.22 bits per heavy atom. The van der Waals surface area contributed by atoms with Crippen LogP contribution in [0.3, 0.4) is 0 Å². The number of nitrogens with zero attached hydrogens (tertiary/aromatic N) is 1. The molecule has 0 aliphatic rings. The van der Waals surface area contributed by atoms with Crippen LogP contribution in [0.2, 0.25) is 5.02 Å². The van der Waals surface area contributed by atoms with E-state index in [1.54, 1.807) is 0 Å². The third-order valence-electron chi connectivity index (χ3n) is 4.38. The molecule has 1 rings (SSSR count). The van der Waals surface area contributed by atoms with Crippen molar-refractivity contribution in [2.45, 2.75) is 45.2 Å². The fraction of sp³-hybridized carbons (Fsp3) is 0.600. The molecular formula is C15H25ClN2. The molecule has 0 fully saturated rings. The Balaban J connectivity index is 2.94. The maximum absolute atomic E-state index is 6.01. The molecule has 1 aromatic rings. The zero-order chi connectivity index (χ0) is 13.8. The Hall–Kier alpha value is -0.570. The summed E-state index contributed by atoms with van der Waals surface area (Å²) in [6, 6.07) is 8.42. The first kappa shape index (κ1) is 15.5. The third-order valence-corrected chi connectivity index (χ3v) is 4.63. The Morgan fingerprint density at radius 3 is 2.11 bits per heavy atom. The molecule has 3 heteroatoms. The normalized spacial score (nSPS) is 13.9. The van der Waals surface area contributed by atoms with Crippen molar-refractivity contribution < 1.29 is 0 Å². The van der Waals surface area contributed by atoms with Crippen LogP contribution in [0.15, 0.2) is 24.3 Å². The third kappa shape index (κ3) is 3.05. The predicted octanol–water partition coefficient (Wildman–Crippen LogP) is 3.85. The average Bonchev–Trinajstić information content (AvgIpc) is 2.41. The van der Waals surface area contributed by atoms with Gasteiger partial charge in [0.2, 0.25) is 0 Å². The Morgan fingerprint density at radius 2 is 1.72 bits per heavy atom. The summed E-state index contributed by atoms with van der Waals surface area (Å²) in [6.45, 7) is 7.33. The van der Waals surface area contributed by atoms with Gasteiger partial charge in [0.25, 0.3) is 0 Å². The lowest BCUT2D eigenvalue weighted by Crippen LogP contribution is -2.52. The van der Waals surface area contributed by atoms with Crippen molar-refractivity contribution in [3.63, 3.8) is 0 Å². The molecule has 1 aromatic carbocycles. The van der Waals surface area contributed by atoms with Crippen LogP contribution in [0, 0.1) is 0 Å². The lowest BCUT2D eigenvalue weighted by atomic mass is 9.88. The zero-order valence-electron chi connectivity index (χ0n) is 11.9. The quantitative estimate of drug-likeness (QED) is 0.849. The van der Waals surface area contributed by atoms with E-state index in [-0.39, 0.29) is 5.54 Å². The van der Waals surface area contributed by atoms with Gasteiger partial charge in [-0.25, -0.2) is 0 Å². The highest BCUT2D eigenvalue weighted by atomic mass is 35.5. The molecule has 2 N–H and O–H groups in total. The van der Waals surface area contributed by atoms with Gasteiger partial charge in [-0.05, 0) is 44.5 Å². The van der Waals surface area contributed by atoms with Crippen LogP contribution in [0.4, 0.5) is 0 Å². The van der Waals surface area contributed by atoms with Gasteiger partial charge in [-0.2, -0.15) is 0 Å². The highest BCUT2D eigenvalue weighted by Crippen LogP contribution is 2.31. The number of nitrogens with two attached hydrogens (primary N) is 1. The van der Waals surface area contributed by atoms with E-state index in [1.807, 2.05) is 12.1 Å². The molecule has 102 valence electrons. The molecule has 0 aliphatic heterocycles. The van der Waals surface area contributed by atoms with Crippen LogP contribution in [-0.4, -0.2) is 24.0 Å². The first-order valence-electron chi connectivity index (χ1n) is 6.69. The molecule has 0 amide bonds.